The van der Waals surface area contributed by atoms with E-state index in [0.29, 0.717) is 12.8 Å². The van der Waals surface area contributed by atoms with Crippen LogP contribution in [0.25, 0.3) is 0 Å². The number of unbranched alkanes of at least 4 members (excludes halogenated alkanes) is 28. The number of rotatable bonds is 32. The highest BCUT2D eigenvalue weighted by molar-refractivity contribution is 5.94. The summed E-state index contributed by atoms with van der Waals surface area (Å²) in [7, 11) is 1.68. The molecular formula is C37H73NO2. The molecule has 0 atom stereocenters. The molecule has 0 aliphatic carbocycles. The first kappa shape index (κ1) is 39.1. The Morgan fingerprint density at radius 1 is 0.325 bits per heavy atom. The van der Waals surface area contributed by atoms with Crippen molar-refractivity contribution in [2.45, 2.75) is 219 Å². The molecule has 0 spiro atoms. The minimum Gasteiger partial charge on any atom is -0.286 e. The van der Waals surface area contributed by atoms with Gasteiger partial charge in [-0.15, -0.1) is 0 Å². The zero-order valence-electron chi connectivity index (χ0n) is 27.9. The third-order valence-corrected chi connectivity index (χ3v) is 8.74. The second-order valence-corrected chi connectivity index (χ2v) is 12.7. The molecule has 40 heavy (non-hydrogen) atoms. The van der Waals surface area contributed by atoms with Gasteiger partial charge in [-0.05, 0) is 12.8 Å². The molecule has 0 aromatic heterocycles. The summed E-state index contributed by atoms with van der Waals surface area (Å²) in [5, 5.41) is 0. The molecule has 0 aliphatic heterocycles. The van der Waals surface area contributed by atoms with Crippen LogP contribution in [0.3, 0.4) is 0 Å². The second kappa shape index (κ2) is 32.7. The Bertz CT molecular complexity index is 486. The number of amides is 2. The Balaban J connectivity index is 3.41. The van der Waals surface area contributed by atoms with Crippen LogP contribution in [0.2, 0.25) is 0 Å². The first-order valence-corrected chi connectivity index (χ1v) is 18.4. The molecule has 0 bridgehead atoms. The van der Waals surface area contributed by atoms with E-state index < -0.39 is 0 Å². The van der Waals surface area contributed by atoms with E-state index in [-0.39, 0.29) is 11.8 Å². The summed E-state index contributed by atoms with van der Waals surface area (Å²) in [6.07, 6.45) is 40.9. The lowest BCUT2D eigenvalue weighted by Gasteiger charge is -2.15. The maximum Gasteiger partial charge on any atom is 0.228 e. The molecule has 0 fully saturated rings. The second-order valence-electron chi connectivity index (χ2n) is 12.7. The highest BCUT2D eigenvalue weighted by atomic mass is 16.2. The zero-order chi connectivity index (χ0) is 29.4. The van der Waals surface area contributed by atoms with Crippen molar-refractivity contribution in [3.8, 4) is 0 Å². The zero-order valence-corrected chi connectivity index (χ0v) is 27.9. The standard InChI is InChI=1S/C37H73NO2/c1-4-6-8-10-12-14-16-18-20-22-24-26-28-30-32-34-36(39)38(3)37(40)35-33-31-29-27-25-23-21-19-17-15-13-11-9-7-5-2/h4-35H2,1-3H3. The van der Waals surface area contributed by atoms with E-state index in [4.69, 9.17) is 0 Å². The lowest BCUT2D eigenvalue weighted by Crippen LogP contribution is -2.32. The molecule has 2 amide bonds. The fraction of sp³-hybridized carbons (Fsp3) is 0.946. The van der Waals surface area contributed by atoms with Gasteiger partial charge in [0.2, 0.25) is 11.8 Å². The molecule has 0 heterocycles. The van der Waals surface area contributed by atoms with Crippen LogP contribution in [0.15, 0.2) is 0 Å². The molecule has 3 heteroatoms. The number of imide groups is 1. The highest BCUT2D eigenvalue weighted by Crippen LogP contribution is 2.16. The highest BCUT2D eigenvalue weighted by Gasteiger charge is 2.15. The average Bonchev–Trinajstić information content (AvgIpc) is 2.96. The van der Waals surface area contributed by atoms with Gasteiger partial charge >= 0.3 is 0 Å². The van der Waals surface area contributed by atoms with Crippen molar-refractivity contribution in [2.24, 2.45) is 0 Å². The molecule has 0 aromatic rings. The van der Waals surface area contributed by atoms with Crippen molar-refractivity contribution >= 4 is 11.8 Å². The topological polar surface area (TPSA) is 37.4 Å². The van der Waals surface area contributed by atoms with Gasteiger partial charge < -0.3 is 0 Å². The van der Waals surface area contributed by atoms with Crippen LogP contribution in [0, 0.1) is 0 Å². The third-order valence-electron chi connectivity index (χ3n) is 8.74. The average molecular weight is 564 g/mol. The van der Waals surface area contributed by atoms with Crippen LogP contribution in [-0.4, -0.2) is 23.8 Å². The maximum absolute atomic E-state index is 12.4. The van der Waals surface area contributed by atoms with Crippen LogP contribution in [0.5, 0.6) is 0 Å². The van der Waals surface area contributed by atoms with E-state index in [0.717, 1.165) is 25.7 Å². The van der Waals surface area contributed by atoms with Crippen molar-refractivity contribution in [2.75, 3.05) is 7.05 Å². The molecule has 0 aliphatic rings. The minimum atomic E-state index is 0.0145. The van der Waals surface area contributed by atoms with Crippen molar-refractivity contribution < 1.29 is 9.59 Å². The Labute approximate surface area is 252 Å². The summed E-state index contributed by atoms with van der Waals surface area (Å²) in [4.78, 5) is 26.2. The number of carbonyl (C=O) groups is 2. The van der Waals surface area contributed by atoms with Gasteiger partial charge in [0.05, 0.1) is 0 Å². The van der Waals surface area contributed by atoms with Gasteiger partial charge in [-0.1, -0.05) is 194 Å². The molecule has 0 rings (SSSR count). The van der Waals surface area contributed by atoms with Crippen LogP contribution in [-0.2, 0) is 9.59 Å². The molecule has 0 aromatic carbocycles. The molecule has 0 radical (unpaired) electrons. The Morgan fingerprint density at radius 2 is 0.500 bits per heavy atom. The maximum atomic E-state index is 12.4. The number of nitrogens with zero attached hydrogens (tertiary/aromatic N) is 1. The monoisotopic (exact) mass is 564 g/mol. The van der Waals surface area contributed by atoms with Gasteiger partial charge in [0.25, 0.3) is 0 Å². The molecule has 238 valence electrons. The predicted molar refractivity (Wildman–Crippen MR) is 177 cm³/mol. The van der Waals surface area contributed by atoms with Gasteiger partial charge in [0, 0.05) is 19.9 Å². The minimum absolute atomic E-state index is 0.0145. The summed E-state index contributed by atoms with van der Waals surface area (Å²) in [6, 6.07) is 0. The smallest absolute Gasteiger partial charge is 0.228 e. The van der Waals surface area contributed by atoms with Crippen LogP contribution < -0.4 is 0 Å². The lowest BCUT2D eigenvalue weighted by molar-refractivity contribution is -0.143. The fourth-order valence-corrected chi connectivity index (χ4v) is 5.77. The Hall–Kier alpha value is -0.860. The lowest BCUT2D eigenvalue weighted by atomic mass is 10.0. The van der Waals surface area contributed by atoms with E-state index in [1.165, 1.54) is 172 Å². The van der Waals surface area contributed by atoms with Crippen molar-refractivity contribution in [3.05, 3.63) is 0 Å². The Kier molecular flexibility index (Phi) is 31.9. The first-order valence-electron chi connectivity index (χ1n) is 18.4. The third kappa shape index (κ3) is 28.7. The summed E-state index contributed by atoms with van der Waals surface area (Å²) in [6.45, 7) is 4.56. The molecule has 0 saturated carbocycles. The van der Waals surface area contributed by atoms with Crippen LogP contribution in [0.4, 0.5) is 0 Å². The van der Waals surface area contributed by atoms with Gasteiger partial charge in [-0.25, -0.2) is 0 Å². The molecule has 0 unspecified atom stereocenters. The largest absolute Gasteiger partial charge is 0.286 e. The van der Waals surface area contributed by atoms with Gasteiger partial charge in [-0.3, -0.25) is 14.5 Å². The summed E-state index contributed by atoms with van der Waals surface area (Å²) < 4.78 is 0. The van der Waals surface area contributed by atoms with E-state index in [9.17, 15) is 9.59 Å². The van der Waals surface area contributed by atoms with Gasteiger partial charge in [0.1, 0.15) is 0 Å². The van der Waals surface area contributed by atoms with Crippen molar-refractivity contribution in [1.29, 1.82) is 0 Å². The van der Waals surface area contributed by atoms with Crippen molar-refractivity contribution in [1.82, 2.24) is 4.90 Å². The quantitative estimate of drug-likeness (QED) is 0.0763. The molecule has 3 nitrogen and oxygen atoms in total. The summed E-state index contributed by atoms with van der Waals surface area (Å²) in [5.74, 6) is 0.0290. The summed E-state index contributed by atoms with van der Waals surface area (Å²) >= 11 is 0. The summed E-state index contributed by atoms with van der Waals surface area (Å²) in [5.41, 5.74) is 0. The van der Waals surface area contributed by atoms with Crippen LogP contribution in [0.1, 0.15) is 219 Å². The first-order chi connectivity index (χ1) is 19.6. The van der Waals surface area contributed by atoms with E-state index in [1.54, 1.807) is 7.05 Å². The molecular weight excluding hydrogens is 490 g/mol. The van der Waals surface area contributed by atoms with Gasteiger partial charge in [-0.2, -0.15) is 0 Å². The predicted octanol–water partition coefficient (Wildman–Crippen LogP) is 12.5. The van der Waals surface area contributed by atoms with Crippen molar-refractivity contribution in [3.63, 3.8) is 0 Å². The molecule has 0 N–H and O–H groups in total. The van der Waals surface area contributed by atoms with Gasteiger partial charge in [0.15, 0.2) is 0 Å². The normalized spacial score (nSPS) is 11.3. The van der Waals surface area contributed by atoms with Crippen LogP contribution >= 0.6 is 0 Å². The Morgan fingerprint density at radius 3 is 0.700 bits per heavy atom. The number of carbonyl (C=O) groups excluding carboxylic acids is 2. The SMILES string of the molecule is CCCCCCCCCCCCCCCCCC(=O)N(C)C(=O)CCCCCCCCCCCCCCCCC. The van der Waals surface area contributed by atoms with E-state index in [2.05, 4.69) is 13.8 Å². The number of hydrogen-bond donors (Lipinski definition) is 0. The molecule has 0 saturated heterocycles. The van der Waals surface area contributed by atoms with E-state index >= 15 is 0 Å². The number of hydrogen-bond acceptors (Lipinski definition) is 2. The fourth-order valence-electron chi connectivity index (χ4n) is 5.77. The van der Waals surface area contributed by atoms with E-state index in [1.807, 2.05) is 0 Å².